The lowest BCUT2D eigenvalue weighted by molar-refractivity contribution is -0.207. The fourth-order valence-electron chi connectivity index (χ4n) is 11.0. The van der Waals surface area contributed by atoms with E-state index in [4.69, 9.17) is 0 Å². The molecule has 43 heavy (non-hydrogen) atoms. The lowest BCUT2D eigenvalue weighted by Crippen LogP contribution is -2.62. The molecule has 11 atom stereocenters. The number of aliphatic hydroxyl groups is 3. The first-order valence-corrected chi connectivity index (χ1v) is 16.9. The Hall–Kier alpha value is -2.47. The van der Waals surface area contributed by atoms with Gasteiger partial charge < -0.3 is 20.6 Å². The van der Waals surface area contributed by atoms with E-state index in [1.54, 1.807) is 0 Å². The molecule has 5 heteroatoms. The van der Waals surface area contributed by atoms with E-state index < -0.39 is 6.10 Å². The van der Waals surface area contributed by atoms with Gasteiger partial charge in [-0.05, 0) is 115 Å². The largest absolute Gasteiger partial charge is 0.393 e. The molecular formula is C38H49NO4. The molecule has 4 aliphatic carbocycles. The fourth-order valence-corrected chi connectivity index (χ4v) is 11.0. The third-order valence-corrected chi connectivity index (χ3v) is 13.4. The third-order valence-electron chi connectivity index (χ3n) is 13.4. The smallest absolute Gasteiger partial charge is 0.224 e. The van der Waals surface area contributed by atoms with Gasteiger partial charge in [0.05, 0.1) is 24.0 Å². The molecule has 0 bridgehead atoms. The molecule has 5 unspecified atom stereocenters. The zero-order valence-corrected chi connectivity index (χ0v) is 26.0. The zero-order valence-electron chi connectivity index (χ0n) is 26.0. The van der Waals surface area contributed by atoms with Crippen molar-refractivity contribution < 1.29 is 20.1 Å². The predicted octanol–water partition coefficient (Wildman–Crippen LogP) is 7.31. The van der Waals surface area contributed by atoms with Crippen LogP contribution < -0.4 is 5.32 Å². The fraction of sp³-hybridized carbons (Fsp3) is 0.605. The van der Waals surface area contributed by atoms with Gasteiger partial charge in [0.25, 0.3) is 0 Å². The van der Waals surface area contributed by atoms with Gasteiger partial charge in [-0.2, -0.15) is 0 Å². The molecule has 4 fully saturated rings. The van der Waals surface area contributed by atoms with Crippen LogP contribution >= 0.6 is 0 Å². The summed E-state index contributed by atoms with van der Waals surface area (Å²) in [5, 5.41) is 41.5. The maximum atomic E-state index is 13.5. The van der Waals surface area contributed by atoms with E-state index in [-0.39, 0.29) is 34.9 Å². The molecule has 3 aromatic rings. The maximum Gasteiger partial charge on any atom is 0.224 e. The molecule has 0 heterocycles. The van der Waals surface area contributed by atoms with Crippen molar-refractivity contribution in [3.8, 4) is 0 Å². The number of amides is 1. The van der Waals surface area contributed by atoms with Gasteiger partial charge in [0.15, 0.2) is 0 Å². The van der Waals surface area contributed by atoms with Gasteiger partial charge in [0.1, 0.15) is 0 Å². The van der Waals surface area contributed by atoms with Crippen LogP contribution in [0.3, 0.4) is 0 Å². The molecule has 0 spiro atoms. The van der Waals surface area contributed by atoms with Crippen LogP contribution in [0.25, 0.3) is 21.5 Å². The highest BCUT2D eigenvalue weighted by Crippen LogP contribution is 2.68. The summed E-state index contributed by atoms with van der Waals surface area (Å²) in [6, 6.07) is 18.6. The van der Waals surface area contributed by atoms with Gasteiger partial charge in [0.2, 0.25) is 5.91 Å². The highest BCUT2D eigenvalue weighted by molar-refractivity contribution is 6.15. The van der Waals surface area contributed by atoms with Crippen LogP contribution in [-0.4, -0.2) is 39.5 Å². The normalized spacial score (nSPS) is 39.6. The van der Waals surface area contributed by atoms with E-state index in [1.165, 1.54) is 0 Å². The molecule has 7 rings (SSSR count). The second kappa shape index (κ2) is 10.9. The lowest BCUT2D eigenvalue weighted by atomic mass is 9.43. The molecule has 3 aromatic carbocycles. The molecule has 1 amide bonds. The summed E-state index contributed by atoms with van der Waals surface area (Å²) >= 11 is 0. The minimum absolute atomic E-state index is 0.0402. The highest BCUT2D eigenvalue weighted by Gasteiger charge is 2.65. The minimum Gasteiger partial charge on any atom is -0.393 e. The van der Waals surface area contributed by atoms with E-state index in [9.17, 15) is 20.1 Å². The molecule has 4 aliphatic rings. The number of aliphatic hydroxyl groups excluding tert-OH is 3. The quantitative estimate of drug-likeness (QED) is 0.237. The van der Waals surface area contributed by atoms with Crippen molar-refractivity contribution in [3.63, 3.8) is 0 Å². The topological polar surface area (TPSA) is 89.8 Å². The molecule has 0 aromatic heterocycles. The van der Waals surface area contributed by atoms with Gasteiger partial charge >= 0.3 is 0 Å². The van der Waals surface area contributed by atoms with Crippen molar-refractivity contribution >= 4 is 33.1 Å². The first kappa shape index (κ1) is 29.3. The number of carbonyl (C=O) groups is 1. The number of benzene rings is 3. The number of fused-ring (bicyclic) bond motifs is 7. The van der Waals surface area contributed by atoms with Crippen LogP contribution in [0, 0.1) is 46.3 Å². The molecular weight excluding hydrogens is 534 g/mol. The summed E-state index contributed by atoms with van der Waals surface area (Å²) in [6.45, 7) is 6.95. The number of anilines is 1. The molecule has 0 aliphatic heterocycles. The number of hydrogen-bond donors (Lipinski definition) is 4. The summed E-state index contributed by atoms with van der Waals surface area (Å²) in [6.07, 6.45) is 6.42. The monoisotopic (exact) mass is 583 g/mol. The van der Waals surface area contributed by atoms with Crippen molar-refractivity contribution in [2.75, 3.05) is 5.32 Å². The molecule has 0 radical (unpaired) electrons. The SMILES string of the molecule is CC(CCC(=O)Nc1c2ccccc2cc2ccccc12)[C@H]1CCC2C3C(C[C@H](O)[C@@]21C)[C@@]1(C)CC[C@@H](O)CC1C[C@H]3O. The average molecular weight is 584 g/mol. The molecule has 0 saturated heterocycles. The van der Waals surface area contributed by atoms with E-state index >= 15 is 0 Å². The Morgan fingerprint density at radius 3 is 2.28 bits per heavy atom. The first-order valence-electron chi connectivity index (χ1n) is 16.9. The molecule has 5 nitrogen and oxygen atoms in total. The first-order chi connectivity index (χ1) is 20.6. The Morgan fingerprint density at radius 2 is 1.58 bits per heavy atom. The van der Waals surface area contributed by atoms with Crippen molar-refractivity contribution in [1.82, 2.24) is 0 Å². The predicted molar refractivity (Wildman–Crippen MR) is 172 cm³/mol. The van der Waals surface area contributed by atoms with Crippen LogP contribution in [0.2, 0.25) is 0 Å². The van der Waals surface area contributed by atoms with Crippen LogP contribution in [-0.2, 0) is 4.79 Å². The summed E-state index contributed by atoms with van der Waals surface area (Å²) < 4.78 is 0. The minimum atomic E-state index is -0.404. The van der Waals surface area contributed by atoms with E-state index in [2.05, 4.69) is 56.4 Å². The number of carbonyl (C=O) groups excluding carboxylic acids is 1. The summed E-state index contributed by atoms with van der Waals surface area (Å²) in [4.78, 5) is 13.5. The van der Waals surface area contributed by atoms with Crippen molar-refractivity contribution in [3.05, 3.63) is 54.6 Å². The maximum absolute atomic E-state index is 13.5. The van der Waals surface area contributed by atoms with Crippen LogP contribution in [0.4, 0.5) is 5.69 Å². The van der Waals surface area contributed by atoms with E-state index in [0.29, 0.717) is 36.0 Å². The number of hydrogen-bond acceptors (Lipinski definition) is 4. The second-order valence-corrected chi connectivity index (χ2v) is 15.3. The van der Waals surface area contributed by atoms with Gasteiger partial charge in [-0.25, -0.2) is 0 Å². The molecule has 4 saturated carbocycles. The van der Waals surface area contributed by atoms with Crippen LogP contribution in [0.1, 0.15) is 78.6 Å². The van der Waals surface area contributed by atoms with Crippen molar-refractivity contribution in [1.29, 1.82) is 0 Å². The Labute approximate surface area is 256 Å². The summed E-state index contributed by atoms with van der Waals surface area (Å²) in [5.74, 6) is 1.80. The molecule has 4 N–H and O–H groups in total. The van der Waals surface area contributed by atoms with E-state index in [1.807, 2.05) is 24.3 Å². The van der Waals surface area contributed by atoms with Crippen LogP contribution in [0.5, 0.6) is 0 Å². The molecule has 230 valence electrons. The van der Waals surface area contributed by atoms with Gasteiger partial charge in [-0.1, -0.05) is 69.3 Å². The number of nitrogens with one attached hydrogen (secondary N) is 1. The average Bonchev–Trinajstić information content (AvgIpc) is 3.35. The van der Waals surface area contributed by atoms with Crippen LogP contribution in [0.15, 0.2) is 54.6 Å². The Bertz CT molecular complexity index is 1470. The zero-order chi connectivity index (χ0) is 30.1. The lowest BCUT2D eigenvalue weighted by Gasteiger charge is -2.63. The second-order valence-electron chi connectivity index (χ2n) is 15.3. The summed E-state index contributed by atoms with van der Waals surface area (Å²) in [7, 11) is 0. The standard InChI is InChI=1S/C38H49NO4/c1-22(12-15-34(43)39-36-27-10-6-4-8-23(27)18-24-9-5-7-11-28(24)36)29-13-14-30-35-31(21-33(42)38(29,30)3)37(2)17-16-26(40)19-25(37)20-32(35)41/h4-11,18,22,25-26,29-33,35,40-42H,12-17,19-21H2,1-3H3,(H,39,43)/t22?,25?,26-,29-,30?,31?,32-,33+,35?,37+,38-/m1/s1. The Kier molecular flexibility index (Phi) is 7.38. The van der Waals surface area contributed by atoms with E-state index in [0.717, 1.165) is 78.6 Å². The van der Waals surface area contributed by atoms with Gasteiger partial charge in [0, 0.05) is 17.2 Å². The van der Waals surface area contributed by atoms with Gasteiger partial charge in [-0.3, -0.25) is 4.79 Å². The number of rotatable bonds is 5. The Morgan fingerprint density at radius 1 is 0.907 bits per heavy atom. The third kappa shape index (κ3) is 4.64. The summed E-state index contributed by atoms with van der Waals surface area (Å²) in [5.41, 5.74) is 0.724. The van der Waals surface area contributed by atoms with Gasteiger partial charge in [-0.15, -0.1) is 0 Å². The Balaban J connectivity index is 1.07. The highest BCUT2D eigenvalue weighted by atomic mass is 16.3. The van der Waals surface area contributed by atoms with Crippen molar-refractivity contribution in [2.45, 2.75) is 96.9 Å². The van der Waals surface area contributed by atoms with Crippen molar-refractivity contribution in [2.24, 2.45) is 46.3 Å².